The van der Waals surface area contributed by atoms with Crippen LogP contribution in [0.3, 0.4) is 0 Å². The summed E-state index contributed by atoms with van der Waals surface area (Å²) in [7, 11) is 0. The summed E-state index contributed by atoms with van der Waals surface area (Å²) in [5.74, 6) is 0. The second kappa shape index (κ2) is 3.45. The third-order valence-electron chi connectivity index (χ3n) is 1.81. The van der Waals surface area contributed by atoms with Crippen molar-refractivity contribution >= 4 is 0 Å². The van der Waals surface area contributed by atoms with E-state index >= 15 is 0 Å². The van der Waals surface area contributed by atoms with Gasteiger partial charge in [-0.25, -0.2) is 0 Å². The Bertz CT molecular complexity index is 166. The topological polar surface area (TPSA) is 12.0 Å². The lowest BCUT2D eigenvalue weighted by Crippen LogP contribution is -2.03. The van der Waals surface area contributed by atoms with Gasteiger partial charge >= 0.3 is 0 Å². The Morgan fingerprint density at radius 2 is 2.40 bits per heavy atom. The van der Waals surface area contributed by atoms with Crippen LogP contribution >= 0.6 is 0 Å². The maximum atomic E-state index is 3.35. The third-order valence-corrected chi connectivity index (χ3v) is 1.81. The summed E-state index contributed by atoms with van der Waals surface area (Å²) >= 11 is 0. The average molecular weight is 137 g/mol. The molecule has 1 aliphatic rings. The fourth-order valence-corrected chi connectivity index (χ4v) is 1.29. The SMILES string of the molecule is C/C=C1/CCN/C1=C/CC. The van der Waals surface area contributed by atoms with Crippen LogP contribution in [0.1, 0.15) is 26.7 Å². The van der Waals surface area contributed by atoms with Crippen LogP contribution in [0.4, 0.5) is 0 Å². The molecule has 1 fully saturated rings. The highest BCUT2D eigenvalue weighted by atomic mass is 14.9. The number of hydrogen-bond donors (Lipinski definition) is 1. The molecular weight excluding hydrogens is 122 g/mol. The molecule has 0 radical (unpaired) electrons. The first kappa shape index (κ1) is 7.39. The van der Waals surface area contributed by atoms with Gasteiger partial charge in [-0.15, -0.1) is 0 Å². The molecule has 0 bridgehead atoms. The largest absolute Gasteiger partial charge is 0.385 e. The summed E-state index contributed by atoms with van der Waals surface area (Å²) in [6, 6.07) is 0. The van der Waals surface area contributed by atoms with Gasteiger partial charge in [0, 0.05) is 12.2 Å². The zero-order valence-electron chi connectivity index (χ0n) is 6.78. The molecule has 1 N–H and O–H groups in total. The average Bonchev–Trinajstić information content (AvgIpc) is 2.36. The second-order valence-electron chi connectivity index (χ2n) is 2.52. The van der Waals surface area contributed by atoms with Crippen LogP contribution in [0.25, 0.3) is 0 Å². The maximum absolute atomic E-state index is 3.35. The van der Waals surface area contributed by atoms with Crippen LogP contribution in [-0.4, -0.2) is 6.54 Å². The summed E-state index contributed by atoms with van der Waals surface area (Å²) < 4.78 is 0. The molecule has 0 atom stereocenters. The number of nitrogens with one attached hydrogen (secondary N) is 1. The Kier molecular flexibility index (Phi) is 2.55. The second-order valence-corrected chi connectivity index (χ2v) is 2.52. The molecule has 0 aromatic heterocycles. The Hall–Kier alpha value is -0.720. The maximum Gasteiger partial charge on any atom is 0.0329 e. The van der Waals surface area contributed by atoms with E-state index in [0.29, 0.717) is 0 Å². The standard InChI is InChI=1S/C9H15N/c1-3-5-9-8(4-2)6-7-10-9/h4-5,10H,3,6-7H2,1-2H3/b8-4-,9-5+. The first-order chi connectivity index (χ1) is 4.88. The van der Waals surface area contributed by atoms with Gasteiger partial charge in [-0.1, -0.05) is 19.1 Å². The van der Waals surface area contributed by atoms with Gasteiger partial charge in [-0.2, -0.15) is 0 Å². The van der Waals surface area contributed by atoms with E-state index in [-0.39, 0.29) is 0 Å². The minimum atomic E-state index is 1.12. The summed E-state index contributed by atoms with van der Waals surface area (Å²) in [6.07, 6.45) is 6.77. The molecular formula is C9H15N. The highest BCUT2D eigenvalue weighted by molar-refractivity contribution is 5.32. The monoisotopic (exact) mass is 137 g/mol. The molecule has 0 aliphatic carbocycles. The van der Waals surface area contributed by atoms with Crippen molar-refractivity contribution in [3.8, 4) is 0 Å². The van der Waals surface area contributed by atoms with Gasteiger partial charge < -0.3 is 5.32 Å². The Labute approximate surface area is 62.8 Å². The predicted molar refractivity (Wildman–Crippen MR) is 44.8 cm³/mol. The fourth-order valence-electron chi connectivity index (χ4n) is 1.29. The molecule has 56 valence electrons. The van der Waals surface area contributed by atoms with Gasteiger partial charge in [0.1, 0.15) is 0 Å². The smallest absolute Gasteiger partial charge is 0.0329 e. The van der Waals surface area contributed by atoms with Gasteiger partial charge in [-0.05, 0) is 25.3 Å². The van der Waals surface area contributed by atoms with Crippen molar-refractivity contribution in [2.75, 3.05) is 6.54 Å². The van der Waals surface area contributed by atoms with Crippen molar-refractivity contribution < 1.29 is 0 Å². The molecule has 0 amide bonds. The zero-order valence-corrected chi connectivity index (χ0v) is 6.78. The molecule has 0 aromatic rings. The molecule has 10 heavy (non-hydrogen) atoms. The predicted octanol–water partition coefficient (Wildman–Crippen LogP) is 2.22. The molecule has 1 heterocycles. The highest BCUT2D eigenvalue weighted by Gasteiger charge is 2.09. The molecule has 1 rings (SSSR count). The lowest BCUT2D eigenvalue weighted by molar-refractivity contribution is 0.909. The van der Waals surface area contributed by atoms with Crippen LogP contribution in [0.5, 0.6) is 0 Å². The summed E-state index contributed by atoms with van der Waals surface area (Å²) in [4.78, 5) is 0. The van der Waals surface area contributed by atoms with E-state index in [1.807, 2.05) is 0 Å². The van der Waals surface area contributed by atoms with E-state index in [1.54, 1.807) is 0 Å². The van der Waals surface area contributed by atoms with E-state index in [0.717, 1.165) is 13.0 Å². The normalized spacial score (nSPS) is 25.8. The highest BCUT2D eigenvalue weighted by Crippen LogP contribution is 2.17. The van der Waals surface area contributed by atoms with Crippen LogP contribution in [0, 0.1) is 0 Å². The summed E-state index contributed by atoms with van der Waals surface area (Å²) in [5.41, 5.74) is 2.83. The Balaban J connectivity index is 2.68. The van der Waals surface area contributed by atoms with Crippen molar-refractivity contribution in [3.63, 3.8) is 0 Å². The van der Waals surface area contributed by atoms with E-state index in [4.69, 9.17) is 0 Å². The van der Waals surface area contributed by atoms with Crippen LogP contribution in [0.2, 0.25) is 0 Å². The van der Waals surface area contributed by atoms with Gasteiger partial charge in [0.2, 0.25) is 0 Å². The van der Waals surface area contributed by atoms with E-state index in [2.05, 4.69) is 31.3 Å². The molecule has 0 spiro atoms. The van der Waals surface area contributed by atoms with Crippen LogP contribution in [0.15, 0.2) is 23.4 Å². The van der Waals surface area contributed by atoms with Gasteiger partial charge in [0.05, 0.1) is 0 Å². The minimum absolute atomic E-state index is 1.12. The number of allylic oxidation sites excluding steroid dienone is 3. The molecule has 1 nitrogen and oxygen atoms in total. The quantitative estimate of drug-likeness (QED) is 0.584. The van der Waals surface area contributed by atoms with Gasteiger partial charge in [0.15, 0.2) is 0 Å². The van der Waals surface area contributed by atoms with Crippen LogP contribution in [-0.2, 0) is 0 Å². The van der Waals surface area contributed by atoms with Crippen molar-refractivity contribution in [3.05, 3.63) is 23.4 Å². The minimum Gasteiger partial charge on any atom is -0.385 e. The van der Waals surface area contributed by atoms with Crippen molar-refractivity contribution in [1.82, 2.24) is 5.32 Å². The van der Waals surface area contributed by atoms with Crippen LogP contribution < -0.4 is 5.32 Å². The lowest BCUT2D eigenvalue weighted by Gasteiger charge is -1.98. The zero-order chi connectivity index (χ0) is 7.40. The third kappa shape index (κ3) is 1.41. The van der Waals surface area contributed by atoms with E-state index < -0.39 is 0 Å². The number of hydrogen-bond acceptors (Lipinski definition) is 1. The number of rotatable bonds is 1. The summed E-state index contributed by atoms with van der Waals surface area (Å²) in [5, 5.41) is 3.35. The van der Waals surface area contributed by atoms with Crippen molar-refractivity contribution in [2.45, 2.75) is 26.7 Å². The van der Waals surface area contributed by atoms with Gasteiger partial charge in [-0.3, -0.25) is 0 Å². The fraction of sp³-hybridized carbons (Fsp3) is 0.556. The summed E-state index contributed by atoms with van der Waals surface area (Å²) in [6.45, 7) is 5.39. The van der Waals surface area contributed by atoms with E-state index in [9.17, 15) is 0 Å². The van der Waals surface area contributed by atoms with E-state index in [1.165, 1.54) is 17.7 Å². The van der Waals surface area contributed by atoms with Crippen molar-refractivity contribution in [1.29, 1.82) is 0 Å². The van der Waals surface area contributed by atoms with Gasteiger partial charge in [0.25, 0.3) is 0 Å². The Morgan fingerprint density at radius 3 is 3.00 bits per heavy atom. The molecule has 0 aromatic carbocycles. The molecule has 1 saturated heterocycles. The molecule has 1 aliphatic heterocycles. The molecule has 0 saturated carbocycles. The van der Waals surface area contributed by atoms with Crippen molar-refractivity contribution in [2.24, 2.45) is 0 Å². The lowest BCUT2D eigenvalue weighted by atomic mass is 10.1. The first-order valence-corrected chi connectivity index (χ1v) is 3.98. The Morgan fingerprint density at radius 1 is 1.60 bits per heavy atom. The molecule has 0 unspecified atom stereocenters. The first-order valence-electron chi connectivity index (χ1n) is 3.98. The molecule has 1 heteroatoms.